The van der Waals surface area contributed by atoms with Crippen LogP contribution in [0.4, 0.5) is 10.1 Å². The van der Waals surface area contributed by atoms with E-state index < -0.39 is 5.91 Å². The van der Waals surface area contributed by atoms with Gasteiger partial charge in [0.05, 0.1) is 34.4 Å². The maximum atomic E-state index is 13.1. The van der Waals surface area contributed by atoms with Crippen LogP contribution in [-0.4, -0.2) is 28.1 Å². The van der Waals surface area contributed by atoms with Crippen LogP contribution in [0.25, 0.3) is 5.69 Å². The Labute approximate surface area is 161 Å². The molecule has 0 aliphatic carbocycles. The highest BCUT2D eigenvalue weighted by molar-refractivity contribution is 6.09. The van der Waals surface area contributed by atoms with E-state index in [0.29, 0.717) is 34.7 Å². The van der Waals surface area contributed by atoms with E-state index in [9.17, 15) is 14.0 Å². The molecule has 7 heteroatoms. The zero-order chi connectivity index (χ0) is 20.1. The predicted molar refractivity (Wildman–Crippen MR) is 105 cm³/mol. The van der Waals surface area contributed by atoms with E-state index >= 15 is 0 Å². The summed E-state index contributed by atoms with van der Waals surface area (Å²) in [5.74, 6) is -1.05. The predicted octanol–water partition coefficient (Wildman–Crippen LogP) is 3.49. The Kier molecular flexibility index (Phi) is 5.64. The number of amides is 2. The molecule has 3 rings (SSSR count). The Morgan fingerprint density at radius 2 is 1.82 bits per heavy atom. The lowest BCUT2D eigenvalue weighted by Crippen LogP contribution is -2.25. The molecule has 0 fully saturated rings. The number of carbonyl (C=O) groups is 2. The fourth-order valence-electron chi connectivity index (χ4n) is 2.71. The molecule has 28 heavy (non-hydrogen) atoms. The number of rotatable bonds is 6. The van der Waals surface area contributed by atoms with E-state index in [1.165, 1.54) is 18.3 Å². The Hall–Kier alpha value is -3.74. The molecule has 0 aliphatic rings. The Balaban J connectivity index is 1.84. The molecule has 0 saturated heterocycles. The standard InChI is InChI=1S/C21H19FN4O2/c1-3-12-23-20(27)17-6-4-5-7-19(17)25-21(28)18-13-24-26(14(18)2)16-10-8-15(22)9-11-16/h3-11,13H,1,12H2,2H3,(H,23,27)(H,25,28). The molecule has 0 radical (unpaired) electrons. The molecule has 0 atom stereocenters. The van der Waals surface area contributed by atoms with Gasteiger partial charge in [-0.2, -0.15) is 5.10 Å². The topological polar surface area (TPSA) is 76.0 Å². The highest BCUT2D eigenvalue weighted by Crippen LogP contribution is 2.19. The van der Waals surface area contributed by atoms with Gasteiger partial charge in [0, 0.05) is 6.54 Å². The van der Waals surface area contributed by atoms with Crippen molar-refractivity contribution < 1.29 is 14.0 Å². The van der Waals surface area contributed by atoms with Crippen LogP contribution >= 0.6 is 0 Å². The lowest BCUT2D eigenvalue weighted by molar-refractivity contribution is 0.0959. The van der Waals surface area contributed by atoms with Crippen molar-refractivity contribution in [1.29, 1.82) is 0 Å². The second kappa shape index (κ2) is 8.30. The normalized spacial score (nSPS) is 10.4. The summed E-state index contributed by atoms with van der Waals surface area (Å²) in [5, 5.41) is 9.67. The number of nitrogens with one attached hydrogen (secondary N) is 2. The molecule has 3 aromatic rings. The van der Waals surface area contributed by atoms with E-state index in [2.05, 4.69) is 22.3 Å². The first kappa shape index (κ1) is 19.0. The monoisotopic (exact) mass is 378 g/mol. The van der Waals surface area contributed by atoms with E-state index in [1.54, 1.807) is 54.1 Å². The molecule has 1 heterocycles. The van der Waals surface area contributed by atoms with Crippen LogP contribution in [0.1, 0.15) is 26.4 Å². The maximum absolute atomic E-state index is 13.1. The second-order valence-electron chi connectivity index (χ2n) is 6.03. The smallest absolute Gasteiger partial charge is 0.259 e. The van der Waals surface area contributed by atoms with Crippen molar-refractivity contribution >= 4 is 17.5 Å². The molecule has 1 aromatic heterocycles. The minimum Gasteiger partial charge on any atom is -0.349 e. The van der Waals surface area contributed by atoms with Crippen LogP contribution in [0, 0.1) is 12.7 Å². The molecule has 142 valence electrons. The average molecular weight is 378 g/mol. The van der Waals surface area contributed by atoms with Gasteiger partial charge in [0.1, 0.15) is 5.82 Å². The van der Waals surface area contributed by atoms with Gasteiger partial charge < -0.3 is 10.6 Å². The lowest BCUT2D eigenvalue weighted by atomic mass is 10.1. The molecule has 2 aromatic carbocycles. The molecule has 2 amide bonds. The Bertz CT molecular complexity index is 1030. The van der Waals surface area contributed by atoms with Crippen molar-refractivity contribution in [2.45, 2.75) is 6.92 Å². The van der Waals surface area contributed by atoms with Crippen molar-refractivity contribution in [3.63, 3.8) is 0 Å². The first-order chi connectivity index (χ1) is 13.5. The van der Waals surface area contributed by atoms with Crippen LogP contribution < -0.4 is 10.6 Å². The molecule has 0 saturated carbocycles. The first-order valence-corrected chi connectivity index (χ1v) is 8.61. The van der Waals surface area contributed by atoms with Crippen molar-refractivity contribution in [1.82, 2.24) is 15.1 Å². The fourth-order valence-corrected chi connectivity index (χ4v) is 2.71. The van der Waals surface area contributed by atoms with E-state index in [4.69, 9.17) is 0 Å². The molecule has 0 unspecified atom stereocenters. The number of hydrogen-bond donors (Lipinski definition) is 2. The number of anilines is 1. The Morgan fingerprint density at radius 3 is 2.54 bits per heavy atom. The Morgan fingerprint density at radius 1 is 1.11 bits per heavy atom. The third-order valence-corrected chi connectivity index (χ3v) is 4.15. The SMILES string of the molecule is C=CCNC(=O)c1ccccc1NC(=O)c1cnn(-c2ccc(F)cc2)c1C. The van der Waals surface area contributed by atoms with Crippen LogP contribution in [0.5, 0.6) is 0 Å². The quantitative estimate of drug-likeness (QED) is 0.645. The van der Waals surface area contributed by atoms with Gasteiger partial charge in [-0.15, -0.1) is 6.58 Å². The molecular weight excluding hydrogens is 359 g/mol. The van der Waals surface area contributed by atoms with Crippen LogP contribution in [-0.2, 0) is 0 Å². The number of para-hydroxylation sites is 1. The third-order valence-electron chi connectivity index (χ3n) is 4.15. The highest BCUT2D eigenvalue weighted by Gasteiger charge is 2.18. The average Bonchev–Trinajstić information content (AvgIpc) is 3.08. The molecule has 2 N–H and O–H groups in total. The van der Waals surface area contributed by atoms with Crippen molar-refractivity contribution in [2.75, 3.05) is 11.9 Å². The van der Waals surface area contributed by atoms with Gasteiger partial charge in [-0.3, -0.25) is 9.59 Å². The molecule has 0 spiro atoms. The zero-order valence-corrected chi connectivity index (χ0v) is 15.3. The first-order valence-electron chi connectivity index (χ1n) is 8.61. The second-order valence-corrected chi connectivity index (χ2v) is 6.03. The summed E-state index contributed by atoms with van der Waals surface area (Å²) in [6, 6.07) is 12.5. The van der Waals surface area contributed by atoms with Crippen molar-refractivity contribution in [3.8, 4) is 5.69 Å². The largest absolute Gasteiger partial charge is 0.349 e. The highest BCUT2D eigenvalue weighted by atomic mass is 19.1. The van der Waals surface area contributed by atoms with E-state index in [0.717, 1.165) is 0 Å². The van der Waals surface area contributed by atoms with E-state index in [1.807, 2.05) is 0 Å². The van der Waals surface area contributed by atoms with Crippen LogP contribution in [0.15, 0.2) is 67.4 Å². The van der Waals surface area contributed by atoms with Crippen molar-refractivity contribution in [3.05, 3.63) is 90.0 Å². The number of hydrogen-bond acceptors (Lipinski definition) is 3. The van der Waals surface area contributed by atoms with Gasteiger partial charge >= 0.3 is 0 Å². The summed E-state index contributed by atoms with van der Waals surface area (Å²) in [7, 11) is 0. The van der Waals surface area contributed by atoms with Gasteiger partial charge in [0.25, 0.3) is 11.8 Å². The minimum absolute atomic E-state index is 0.311. The van der Waals surface area contributed by atoms with Crippen LogP contribution in [0.2, 0.25) is 0 Å². The van der Waals surface area contributed by atoms with Crippen molar-refractivity contribution in [2.24, 2.45) is 0 Å². The van der Waals surface area contributed by atoms with Crippen LogP contribution in [0.3, 0.4) is 0 Å². The number of benzene rings is 2. The van der Waals surface area contributed by atoms with E-state index in [-0.39, 0.29) is 11.7 Å². The molecule has 0 bridgehead atoms. The minimum atomic E-state index is -0.394. The summed E-state index contributed by atoms with van der Waals surface area (Å²) in [5.41, 5.74) is 2.33. The lowest BCUT2D eigenvalue weighted by Gasteiger charge is -2.11. The number of halogens is 1. The van der Waals surface area contributed by atoms with Gasteiger partial charge in [-0.25, -0.2) is 9.07 Å². The summed E-state index contributed by atoms with van der Waals surface area (Å²) >= 11 is 0. The summed E-state index contributed by atoms with van der Waals surface area (Å²) in [4.78, 5) is 25.0. The number of aromatic nitrogens is 2. The maximum Gasteiger partial charge on any atom is 0.259 e. The van der Waals surface area contributed by atoms with Gasteiger partial charge in [-0.05, 0) is 43.3 Å². The summed E-state index contributed by atoms with van der Waals surface area (Å²) in [6.07, 6.45) is 3.01. The summed E-state index contributed by atoms with van der Waals surface area (Å²) < 4.78 is 14.7. The summed E-state index contributed by atoms with van der Waals surface area (Å²) in [6.45, 7) is 5.63. The van der Waals surface area contributed by atoms with Gasteiger partial charge in [-0.1, -0.05) is 18.2 Å². The third kappa shape index (κ3) is 3.98. The fraction of sp³-hybridized carbons (Fsp3) is 0.0952. The number of nitrogens with zero attached hydrogens (tertiary/aromatic N) is 2. The molecular formula is C21H19FN4O2. The number of carbonyl (C=O) groups excluding carboxylic acids is 2. The van der Waals surface area contributed by atoms with Gasteiger partial charge in [0.15, 0.2) is 0 Å². The molecule has 0 aliphatic heterocycles. The zero-order valence-electron chi connectivity index (χ0n) is 15.3. The molecule has 6 nitrogen and oxygen atoms in total. The van der Waals surface area contributed by atoms with Gasteiger partial charge in [0.2, 0.25) is 0 Å².